The van der Waals surface area contributed by atoms with Gasteiger partial charge in [-0.2, -0.15) is 0 Å². The number of hydrogen-bond acceptors (Lipinski definition) is 3. The molecule has 1 unspecified atom stereocenters. The van der Waals surface area contributed by atoms with Crippen LogP contribution in [0.15, 0.2) is 46.9 Å². The number of hydrazine groups is 1. The normalized spacial score (nSPS) is 12.2. The van der Waals surface area contributed by atoms with Gasteiger partial charge in [-0.3, -0.25) is 5.84 Å². The zero-order valence-corrected chi connectivity index (χ0v) is 11.9. The van der Waals surface area contributed by atoms with Crippen molar-refractivity contribution in [2.24, 2.45) is 5.84 Å². The van der Waals surface area contributed by atoms with Crippen molar-refractivity contribution in [1.82, 2.24) is 5.43 Å². The van der Waals surface area contributed by atoms with E-state index in [1.807, 2.05) is 24.3 Å². The SMILES string of the molecule is COc1ccc(C(NN)c2cccc(Br)c2)c(F)c1. The maximum atomic E-state index is 14.1. The lowest BCUT2D eigenvalue weighted by atomic mass is 9.99. The Labute approximate surface area is 119 Å². The molecule has 0 amide bonds. The van der Waals surface area contributed by atoms with Gasteiger partial charge in [-0.15, -0.1) is 0 Å². The van der Waals surface area contributed by atoms with Gasteiger partial charge in [-0.05, 0) is 23.8 Å². The minimum absolute atomic E-state index is 0.359. The molecule has 0 aliphatic rings. The average Bonchev–Trinajstić information content (AvgIpc) is 2.41. The molecule has 19 heavy (non-hydrogen) atoms. The molecule has 0 heterocycles. The Kier molecular flexibility index (Phi) is 4.52. The van der Waals surface area contributed by atoms with E-state index in [4.69, 9.17) is 10.6 Å². The van der Waals surface area contributed by atoms with E-state index in [9.17, 15) is 4.39 Å². The molecule has 0 saturated carbocycles. The quantitative estimate of drug-likeness (QED) is 0.671. The molecule has 0 aromatic heterocycles. The van der Waals surface area contributed by atoms with Crippen molar-refractivity contribution in [2.45, 2.75) is 6.04 Å². The summed E-state index contributed by atoms with van der Waals surface area (Å²) in [7, 11) is 1.50. The number of hydrogen-bond donors (Lipinski definition) is 2. The predicted molar refractivity (Wildman–Crippen MR) is 76.3 cm³/mol. The number of benzene rings is 2. The standard InChI is InChI=1S/C14H14BrFN2O/c1-19-11-5-6-12(13(16)8-11)14(18-17)9-3-2-4-10(15)7-9/h2-8,14,18H,17H2,1H3. The van der Waals surface area contributed by atoms with Gasteiger partial charge in [-0.25, -0.2) is 9.82 Å². The highest BCUT2D eigenvalue weighted by Crippen LogP contribution is 2.27. The van der Waals surface area contributed by atoms with E-state index < -0.39 is 6.04 Å². The monoisotopic (exact) mass is 324 g/mol. The largest absolute Gasteiger partial charge is 0.497 e. The second-order valence-corrected chi connectivity index (χ2v) is 4.96. The molecule has 0 bridgehead atoms. The highest BCUT2D eigenvalue weighted by atomic mass is 79.9. The number of nitrogens with two attached hydrogens (primary N) is 1. The van der Waals surface area contributed by atoms with Crippen LogP contribution in [-0.2, 0) is 0 Å². The first-order valence-corrected chi connectivity index (χ1v) is 6.50. The third-order valence-corrected chi connectivity index (χ3v) is 3.36. The van der Waals surface area contributed by atoms with Gasteiger partial charge in [-0.1, -0.05) is 34.1 Å². The van der Waals surface area contributed by atoms with Crippen LogP contribution < -0.4 is 16.0 Å². The van der Waals surface area contributed by atoms with Gasteiger partial charge in [0.2, 0.25) is 0 Å². The lowest BCUT2D eigenvalue weighted by Gasteiger charge is -2.18. The van der Waals surface area contributed by atoms with Gasteiger partial charge < -0.3 is 4.74 Å². The van der Waals surface area contributed by atoms with Crippen LogP contribution in [0.25, 0.3) is 0 Å². The van der Waals surface area contributed by atoms with Crippen molar-refractivity contribution in [1.29, 1.82) is 0 Å². The van der Waals surface area contributed by atoms with Crippen LogP contribution in [0.4, 0.5) is 4.39 Å². The summed E-state index contributed by atoms with van der Waals surface area (Å²) >= 11 is 3.39. The molecule has 0 radical (unpaired) electrons. The molecule has 3 nitrogen and oxygen atoms in total. The number of methoxy groups -OCH3 is 1. The van der Waals surface area contributed by atoms with Crippen LogP contribution in [-0.4, -0.2) is 7.11 Å². The van der Waals surface area contributed by atoms with E-state index in [1.54, 1.807) is 12.1 Å². The third kappa shape index (κ3) is 3.12. The number of halogens is 2. The van der Waals surface area contributed by atoms with Crippen molar-refractivity contribution < 1.29 is 9.13 Å². The smallest absolute Gasteiger partial charge is 0.132 e. The molecule has 5 heteroatoms. The highest BCUT2D eigenvalue weighted by molar-refractivity contribution is 9.10. The van der Waals surface area contributed by atoms with Crippen LogP contribution in [0, 0.1) is 5.82 Å². The molecule has 0 aliphatic heterocycles. The van der Waals surface area contributed by atoms with E-state index in [2.05, 4.69) is 21.4 Å². The predicted octanol–water partition coefficient (Wildman–Crippen LogP) is 3.15. The molecule has 0 spiro atoms. The molecular weight excluding hydrogens is 311 g/mol. The van der Waals surface area contributed by atoms with Crippen LogP contribution in [0.3, 0.4) is 0 Å². The topological polar surface area (TPSA) is 47.3 Å². The van der Waals surface area contributed by atoms with Crippen molar-refractivity contribution in [3.05, 3.63) is 63.9 Å². The Hall–Kier alpha value is -1.43. The third-order valence-electron chi connectivity index (χ3n) is 2.87. The fraction of sp³-hybridized carbons (Fsp3) is 0.143. The minimum Gasteiger partial charge on any atom is -0.497 e. The summed E-state index contributed by atoms with van der Waals surface area (Å²) in [6.07, 6.45) is 0. The Morgan fingerprint density at radius 2 is 2.05 bits per heavy atom. The number of ether oxygens (including phenoxy) is 1. The van der Waals surface area contributed by atoms with Crippen molar-refractivity contribution in [2.75, 3.05) is 7.11 Å². The molecule has 1 atom stereocenters. The van der Waals surface area contributed by atoms with Gasteiger partial charge in [0.15, 0.2) is 0 Å². The summed E-state index contributed by atoms with van der Waals surface area (Å²) < 4.78 is 20.0. The summed E-state index contributed by atoms with van der Waals surface area (Å²) in [6, 6.07) is 11.9. The Morgan fingerprint density at radius 3 is 2.63 bits per heavy atom. The van der Waals surface area contributed by atoms with Crippen LogP contribution in [0.1, 0.15) is 17.2 Å². The molecular formula is C14H14BrFN2O. The first-order valence-electron chi connectivity index (χ1n) is 5.70. The second-order valence-electron chi connectivity index (χ2n) is 4.04. The summed E-state index contributed by atoms with van der Waals surface area (Å²) in [5.41, 5.74) is 3.99. The maximum Gasteiger partial charge on any atom is 0.132 e. The van der Waals surface area contributed by atoms with Crippen molar-refractivity contribution in [3.63, 3.8) is 0 Å². The molecule has 3 N–H and O–H groups in total. The summed E-state index contributed by atoms with van der Waals surface area (Å²) in [5, 5.41) is 0. The van der Waals surface area contributed by atoms with E-state index in [1.165, 1.54) is 13.2 Å². The molecule has 0 aliphatic carbocycles. The first-order chi connectivity index (χ1) is 9.15. The fourth-order valence-corrected chi connectivity index (χ4v) is 2.34. The van der Waals surface area contributed by atoms with E-state index in [0.717, 1.165) is 10.0 Å². The molecule has 2 aromatic rings. The fourth-order valence-electron chi connectivity index (χ4n) is 1.92. The molecule has 100 valence electrons. The maximum absolute atomic E-state index is 14.1. The van der Waals surface area contributed by atoms with E-state index >= 15 is 0 Å². The van der Waals surface area contributed by atoms with Crippen molar-refractivity contribution in [3.8, 4) is 5.75 Å². The van der Waals surface area contributed by atoms with Crippen LogP contribution in [0.5, 0.6) is 5.75 Å². The summed E-state index contributed by atoms with van der Waals surface area (Å²) in [6.45, 7) is 0. The van der Waals surface area contributed by atoms with Gasteiger partial charge >= 0.3 is 0 Å². The van der Waals surface area contributed by atoms with Gasteiger partial charge in [0, 0.05) is 16.1 Å². The van der Waals surface area contributed by atoms with E-state index in [0.29, 0.717) is 11.3 Å². The van der Waals surface area contributed by atoms with Crippen molar-refractivity contribution >= 4 is 15.9 Å². The molecule has 0 saturated heterocycles. The second kappa shape index (κ2) is 6.14. The summed E-state index contributed by atoms with van der Waals surface area (Å²) in [5.74, 6) is 5.68. The Balaban J connectivity index is 2.42. The van der Waals surface area contributed by atoms with Crippen LogP contribution in [0.2, 0.25) is 0 Å². The molecule has 2 aromatic carbocycles. The lowest BCUT2D eigenvalue weighted by molar-refractivity contribution is 0.410. The minimum atomic E-state index is -0.414. The van der Waals surface area contributed by atoms with E-state index in [-0.39, 0.29) is 5.82 Å². The van der Waals surface area contributed by atoms with Gasteiger partial charge in [0.1, 0.15) is 11.6 Å². The van der Waals surface area contributed by atoms with Crippen LogP contribution >= 0.6 is 15.9 Å². The van der Waals surface area contributed by atoms with Gasteiger partial charge in [0.25, 0.3) is 0 Å². The number of nitrogens with one attached hydrogen (secondary N) is 1. The zero-order chi connectivity index (χ0) is 13.8. The molecule has 0 fully saturated rings. The molecule has 2 rings (SSSR count). The highest BCUT2D eigenvalue weighted by Gasteiger charge is 2.17. The first kappa shape index (κ1) is 14.0. The summed E-state index contributed by atoms with van der Waals surface area (Å²) in [4.78, 5) is 0. The Bertz CT molecular complexity index is 577. The lowest BCUT2D eigenvalue weighted by Crippen LogP contribution is -2.29. The zero-order valence-electron chi connectivity index (χ0n) is 10.4. The van der Waals surface area contributed by atoms with Gasteiger partial charge in [0.05, 0.1) is 13.2 Å². The average molecular weight is 325 g/mol. The number of rotatable bonds is 4. The Morgan fingerprint density at radius 1 is 1.26 bits per heavy atom.